The fraction of sp³-hybridized carbons (Fsp3) is 0.438. The molecule has 1 heterocycles. The first-order valence-electron chi connectivity index (χ1n) is 8.08. The van der Waals surface area contributed by atoms with Crippen LogP contribution in [0.1, 0.15) is 30.7 Å². The minimum atomic E-state index is -3.37. The minimum absolute atomic E-state index is 0.0463. The van der Waals surface area contributed by atoms with Crippen molar-refractivity contribution >= 4 is 21.5 Å². The van der Waals surface area contributed by atoms with Crippen LogP contribution < -0.4 is 10.0 Å². The molecule has 2 aromatic rings. The van der Waals surface area contributed by atoms with Gasteiger partial charge in [0.1, 0.15) is 5.69 Å². The van der Waals surface area contributed by atoms with Crippen LogP contribution in [-0.4, -0.2) is 29.2 Å². The number of rotatable bonds is 8. The molecule has 0 radical (unpaired) electrons. The van der Waals surface area contributed by atoms with Crippen LogP contribution in [0.15, 0.2) is 24.3 Å². The van der Waals surface area contributed by atoms with Crippen LogP contribution in [0.2, 0.25) is 0 Å². The van der Waals surface area contributed by atoms with Crippen LogP contribution in [0.3, 0.4) is 0 Å². The van der Waals surface area contributed by atoms with Crippen LogP contribution in [-0.2, 0) is 29.4 Å². The molecule has 9 nitrogen and oxygen atoms in total. The van der Waals surface area contributed by atoms with Gasteiger partial charge in [0.2, 0.25) is 15.8 Å². The van der Waals surface area contributed by atoms with Crippen molar-refractivity contribution in [3.63, 3.8) is 0 Å². The Balaban J connectivity index is 2.06. The first-order valence-corrected chi connectivity index (χ1v) is 9.74. The van der Waals surface area contributed by atoms with Gasteiger partial charge in [-0.25, -0.2) is 17.8 Å². The van der Waals surface area contributed by atoms with Crippen LogP contribution in [0.5, 0.6) is 0 Å². The van der Waals surface area contributed by atoms with Crippen molar-refractivity contribution in [1.82, 2.24) is 14.5 Å². The molecule has 10 heteroatoms. The highest BCUT2D eigenvalue weighted by Crippen LogP contribution is 2.27. The van der Waals surface area contributed by atoms with Crippen molar-refractivity contribution in [2.24, 2.45) is 7.05 Å². The normalized spacial score (nSPS) is 11.7. The van der Waals surface area contributed by atoms with Gasteiger partial charge in [-0.2, -0.15) is 5.10 Å². The Hall–Kier alpha value is -2.46. The van der Waals surface area contributed by atoms with Gasteiger partial charge in [0.15, 0.2) is 0 Å². The summed E-state index contributed by atoms with van der Waals surface area (Å²) < 4.78 is 27.9. The molecule has 0 saturated heterocycles. The highest BCUT2D eigenvalue weighted by Gasteiger charge is 2.23. The summed E-state index contributed by atoms with van der Waals surface area (Å²) in [5, 5.41) is 18.3. The van der Waals surface area contributed by atoms with Gasteiger partial charge in [0.05, 0.1) is 10.7 Å². The van der Waals surface area contributed by atoms with Gasteiger partial charge in [-0.05, 0) is 31.9 Å². The number of nitro groups is 1. The van der Waals surface area contributed by atoms with Gasteiger partial charge >= 0.3 is 5.69 Å². The molecular formula is C16H23N5O4S. The molecule has 0 atom stereocenters. The van der Waals surface area contributed by atoms with Crippen LogP contribution in [0.4, 0.5) is 11.5 Å². The molecule has 2 N–H and O–H groups in total. The molecule has 0 unspecified atom stereocenters. The summed E-state index contributed by atoms with van der Waals surface area (Å²) in [6.45, 7) is 5.48. The van der Waals surface area contributed by atoms with Crippen molar-refractivity contribution in [1.29, 1.82) is 0 Å². The van der Waals surface area contributed by atoms with Crippen LogP contribution in [0, 0.1) is 17.0 Å². The average Bonchev–Trinajstić information content (AvgIpc) is 2.78. The van der Waals surface area contributed by atoms with Crippen molar-refractivity contribution in [2.45, 2.75) is 39.1 Å². The van der Waals surface area contributed by atoms with Gasteiger partial charge in [0.25, 0.3) is 0 Å². The molecular weight excluding hydrogens is 358 g/mol. The lowest BCUT2D eigenvalue weighted by atomic mass is 10.1. The van der Waals surface area contributed by atoms with E-state index in [1.165, 1.54) is 4.68 Å². The molecule has 0 aliphatic heterocycles. The number of sulfonamides is 1. The first kappa shape index (κ1) is 19.9. The Morgan fingerprint density at radius 3 is 2.35 bits per heavy atom. The second-order valence-electron chi connectivity index (χ2n) is 6.37. The van der Waals surface area contributed by atoms with Crippen LogP contribution in [0.25, 0.3) is 0 Å². The lowest BCUT2D eigenvalue weighted by molar-refractivity contribution is -0.384. The number of nitrogens with zero attached hydrogens (tertiary/aromatic N) is 3. The fourth-order valence-electron chi connectivity index (χ4n) is 2.62. The predicted octanol–water partition coefficient (Wildman–Crippen LogP) is 2.08. The molecule has 0 aliphatic rings. The van der Waals surface area contributed by atoms with E-state index < -0.39 is 14.9 Å². The Morgan fingerprint density at radius 2 is 1.81 bits per heavy atom. The summed E-state index contributed by atoms with van der Waals surface area (Å²) in [4.78, 5) is 10.7. The van der Waals surface area contributed by atoms with E-state index in [1.54, 1.807) is 52.1 Å². The number of hydrogen-bond donors (Lipinski definition) is 2. The van der Waals surface area contributed by atoms with Gasteiger partial charge < -0.3 is 5.32 Å². The Bertz CT molecular complexity index is 888. The van der Waals surface area contributed by atoms with E-state index in [9.17, 15) is 18.5 Å². The van der Waals surface area contributed by atoms with E-state index in [-0.39, 0.29) is 17.5 Å². The second kappa shape index (κ2) is 7.83. The third-order valence-electron chi connectivity index (χ3n) is 3.63. The van der Waals surface area contributed by atoms with E-state index in [4.69, 9.17) is 0 Å². The Morgan fingerprint density at radius 1 is 1.23 bits per heavy atom. The number of anilines is 1. The SMILES string of the molecule is Cc1nn(C)c(NCc2ccc(CS(=O)(=O)NC(C)C)cc2)c1[N+](=O)[O-]. The summed E-state index contributed by atoms with van der Waals surface area (Å²) in [5.41, 5.74) is 1.84. The van der Waals surface area contributed by atoms with E-state index >= 15 is 0 Å². The monoisotopic (exact) mass is 381 g/mol. The summed E-state index contributed by atoms with van der Waals surface area (Å²) in [5.74, 6) is 0.242. The van der Waals surface area contributed by atoms with Crippen molar-refractivity contribution in [3.05, 3.63) is 51.2 Å². The van der Waals surface area contributed by atoms with Crippen molar-refractivity contribution in [2.75, 3.05) is 5.32 Å². The lowest BCUT2D eigenvalue weighted by Crippen LogP contribution is -2.31. The third-order valence-corrected chi connectivity index (χ3v) is 5.17. The maximum Gasteiger partial charge on any atom is 0.333 e. The highest BCUT2D eigenvalue weighted by molar-refractivity contribution is 7.88. The number of aryl methyl sites for hydroxylation is 2. The molecule has 0 bridgehead atoms. The molecule has 2 rings (SSSR count). The molecule has 0 spiro atoms. The molecule has 0 saturated carbocycles. The molecule has 1 aromatic carbocycles. The van der Waals surface area contributed by atoms with Gasteiger partial charge in [-0.3, -0.25) is 10.1 Å². The Labute approximate surface area is 152 Å². The first-order chi connectivity index (χ1) is 12.1. The zero-order valence-corrected chi connectivity index (χ0v) is 16.0. The van der Waals surface area contributed by atoms with E-state index in [1.807, 2.05) is 0 Å². The molecule has 0 aliphatic carbocycles. The van der Waals surface area contributed by atoms with Gasteiger partial charge in [0, 0.05) is 19.6 Å². The maximum absolute atomic E-state index is 12.0. The largest absolute Gasteiger partial charge is 0.360 e. The molecule has 142 valence electrons. The standard InChI is InChI=1S/C16H23N5O4S/c1-11(2)19-26(24,25)10-14-7-5-13(6-8-14)9-17-16-15(21(22)23)12(3)18-20(16)4/h5-8,11,17,19H,9-10H2,1-4H3. The van der Waals surface area contributed by atoms with E-state index in [0.29, 0.717) is 23.6 Å². The number of hydrogen-bond acceptors (Lipinski definition) is 6. The molecule has 1 aromatic heterocycles. The fourth-order valence-corrected chi connectivity index (χ4v) is 4.06. The lowest BCUT2D eigenvalue weighted by Gasteiger charge is -2.10. The summed E-state index contributed by atoms with van der Waals surface area (Å²) >= 11 is 0. The predicted molar refractivity (Wildman–Crippen MR) is 99.3 cm³/mol. The van der Waals surface area contributed by atoms with Gasteiger partial charge in [-0.15, -0.1) is 0 Å². The minimum Gasteiger partial charge on any atom is -0.360 e. The topological polar surface area (TPSA) is 119 Å². The maximum atomic E-state index is 12.0. The molecule has 0 amide bonds. The van der Waals surface area contributed by atoms with E-state index in [2.05, 4.69) is 15.1 Å². The van der Waals surface area contributed by atoms with Crippen LogP contribution >= 0.6 is 0 Å². The number of benzene rings is 1. The summed E-state index contributed by atoms with van der Waals surface area (Å²) in [7, 11) is -1.74. The average molecular weight is 381 g/mol. The van der Waals surface area contributed by atoms with Gasteiger partial charge in [-0.1, -0.05) is 24.3 Å². The summed E-state index contributed by atoms with van der Waals surface area (Å²) in [6, 6.07) is 6.91. The zero-order chi connectivity index (χ0) is 19.5. The van der Waals surface area contributed by atoms with E-state index in [0.717, 1.165) is 5.56 Å². The van der Waals surface area contributed by atoms with Crippen molar-refractivity contribution < 1.29 is 13.3 Å². The smallest absolute Gasteiger partial charge is 0.333 e. The Kier molecular flexibility index (Phi) is 5.98. The molecule has 0 fully saturated rings. The second-order valence-corrected chi connectivity index (χ2v) is 8.12. The third kappa shape index (κ3) is 5.02. The quantitative estimate of drug-likeness (QED) is 0.534. The number of nitrogens with one attached hydrogen (secondary N) is 2. The highest BCUT2D eigenvalue weighted by atomic mass is 32.2. The summed E-state index contributed by atoms with van der Waals surface area (Å²) in [6.07, 6.45) is 0. The molecule has 26 heavy (non-hydrogen) atoms. The van der Waals surface area contributed by atoms with Crippen molar-refractivity contribution in [3.8, 4) is 0 Å². The zero-order valence-electron chi connectivity index (χ0n) is 15.2. The number of aromatic nitrogens is 2.